The summed E-state index contributed by atoms with van der Waals surface area (Å²) in [5.74, 6) is 0.745. The molecule has 17 heavy (non-hydrogen) atoms. The molecular formula is C12H10N4O. The van der Waals surface area contributed by atoms with Crippen molar-refractivity contribution in [2.45, 2.75) is 0 Å². The van der Waals surface area contributed by atoms with Gasteiger partial charge in [0.1, 0.15) is 5.75 Å². The number of pyridine rings is 1. The van der Waals surface area contributed by atoms with E-state index in [1.807, 2.05) is 6.07 Å². The maximum atomic E-state index is 9.80. The van der Waals surface area contributed by atoms with Gasteiger partial charge in [-0.05, 0) is 24.3 Å². The van der Waals surface area contributed by atoms with Gasteiger partial charge in [-0.15, -0.1) is 10.2 Å². The van der Waals surface area contributed by atoms with Crippen molar-refractivity contribution in [2.75, 3.05) is 5.73 Å². The van der Waals surface area contributed by atoms with E-state index in [4.69, 9.17) is 5.73 Å². The van der Waals surface area contributed by atoms with Crippen LogP contribution in [0.4, 0.5) is 5.69 Å². The summed E-state index contributed by atoms with van der Waals surface area (Å²) < 4.78 is 1.75. The highest BCUT2D eigenvalue weighted by Gasteiger charge is 2.11. The number of nitrogens with two attached hydrogens (primary N) is 1. The first kappa shape index (κ1) is 9.65. The van der Waals surface area contributed by atoms with Gasteiger partial charge in [0.2, 0.25) is 0 Å². The molecule has 3 N–H and O–H groups in total. The summed E-state index contributed by atoms with van der Waals surface area (Å²) in [6.45, 7) is 0. The van der Waals surface area contributed by atoms with Crippen LogP contribution in [-0.4, -0.2) is 19.7 Å². The third kappa shape index (κ3) is 1.48. The van der Waals surface area contributed by atoms with Gasteiger partial charge in [-0.3, -0.25) is 4.40 Å². The number of benzene rings is 1. The number of fused-ring (bicyclic) bond motifs is 1. The number of hydrogen-bond donors (Lipinski definition) is 2. The first-order valence-electron chi connectivity index (χ1n) is 5.14. The lowest BCUT2D eigenvalue weighted by atomic mass is 10.2. The molecule has 3 rings (SSSR count). The lowest BCUT2D eigenvalue weighted by Gasteiger charge is -2.02. The van der Waals surface area contributed by atoms with Gasteiger partial charge in [0, 0.05) is 11.9 Å². The fourth-order valence-electron chi connectivity index (χ4n) is 1.75. The second kappa shape index (κ2) is 3.48. The fourth-order valence-corrected chi connectivity index (χ4v) is 1.75. The number of aromatic nitrogens is 3. The standard InChI is InChI=1S/C12H10N4O/c13-8-5-6-11-14-15-12(16(11)7-8)9-3-1-2-4-10(9)17/h1-7,17H,13H2. The normalized spacial score (nSPS) is 10.8. The number of aromatic hydroxyl groups is 1. The molecule has 0 aliphatic heterocycles. The van der Waals surface area contributed by atoms with Gasteiger partial charge in [-0.1, -0.05) is 12.1 Å². The van der Waals surface area contributed by atoms with E-state index in [0.29, 0.717) is 22.7 Å². The highest BCUT2D eigenvalue weighted by atomic mass is 16.3. The lowest BCUT2D eigenvalue weighted by molar-refractivity contribution is 0.477. The molecule has 0 unspecified atom stereocenters. The fraction of sp³-hybridized carbons (Fsp3) is 0. The van der Waals surface area contributed by atoms with Crippen LogP contribution in [0.2, 0.25) is 0 Å². The van der Waals surface area contributed by atoms with Crippen molar-refractivity contribution in [3.63, 3.8) is 0 Å². The SMILES string of the molecule is Nc1ccc2nnc(-c3ccccc3O)n2c1. The van der Waals surface area contributed by atoms with Crippen LogP contribution in [0, 0.1) is 0 Å². The van der Waals surface area contributed by atoms with E-state index in [2.05, 4.69) is 10.2 Å². The number of phenolic OH excluding ortho intramolecular Hbond substituents is 1. The molecule has 2 heterocycles. The summed E-state index contributed by atoms with van der Waals surface area (Å²) in [6.07, 6.45) is 1.73. The Morgan fingerprint density at radius 3 is 2.71 bits per heavy atom. The van der Waals surface area contributed by atoms with Crippen LogP contribution >= 0.6 is 0 Å². The summed E-state index contributed by atoms with van der Waals surface area (Å²) in [6, 6.07) is 10.5. The molecule has 0 fully saturated rings. The molecule has 5 heteroatoms. The summed E-state index contributed by atoms with van der Waals surface area (Å²) in [5.41, 5.74) is 7.67. The van der Waals surface area contributed by atoms with Crippen molar-refractivity contribution < 1.29 is 5.11 Å². The second-order valence-electron chi connectivity index (χ2n) is 3.73. The van der Waals surface area contributed by atoms with Crippen LogP contribution in [0.3, 0.4) is 0 Å². The topological polar surface area (TPSA) is 76.4 Å². The van der Waals surface area contributed by atoms with E-state index in [1.54, 1.807) is 40.9 Å². The van der Waals surface area contributed by atoms with Crippen molar-refractivity contribution in [3.8, 4) is 17.1 Å². The maximum Gasteiger partial charge on any atom is 0.172 e. The molecule has 0 amide bonds. The minimum Gasteiger partial charge on any atom is -0.507 e. The third-order valence-electron chi connectivity index (χ3n) is 2.57. The molecule has 5 nitrogen and oxygen atoms in total. The van der Waals surface area contributed by atoms with Gasteiger partial charge in [-0.2, -0.15) is 0 Å². The highest BCUT2D eigenvalue weighted by Crippen LogP contribution is 2.27. The molecule has 84 valence electrons. The van der Waals surface area contributed by atoms with Crippen LogP contribution in [0.25, 0.3) is 17.0 Å². The van der Waals surface area contributed by atoms with Gasteiger partial charge in [-0.25, -0.2) is 0 Å². The number of rotatable bonds is 1. The van der Waals surface area contributed by atoms with Crippen molar-refractivity contribution in [2.24, 2.45) is 0 Å². The molecule has 0 saturated carbocycles. The van der Waals surface area contributed by atoms with E-state index in [-0.39, 0.29) is 5.75 Å². The molecule has 3 aromatic rings. The lowest BCUT2D eigenvalue weighted by Crippen LogP contribution is -1.93. The van der Waals surface area contributed by atoms with Gasteiger partial charge < -0.3 is 10.8 Å². The molecule has 0 saturated heterocycles. The number of phenols is 1. The average molecular weight is 226 g/mol. The molecular weight excluding hydrogens is 216 g/mol. The molecule has 0 bridgehead atoms. The summed E-state index contributed by atoms with van der Waals surface area (Å²) in [4.78, 5) is 0. The molecule has 0 radical (unpaired) electrons. The predicted molar refractivity (Wildman–Crippen MR) is 64.5 cm³/mol. The van der Waals surface area contributed by atoms with E-state index >= 15 is 0 Å². The van der Waals surface area contributed by atoms with Crippen molar-refractivity contribution in [3.05, 3.63) is 42.6 Å². The second-order valence-corrected chi connectivity index (χ2v) is 3.73. The van der Waals surface area contributed by atoms with Crippen LogP contribution in [-0.2, 0) is 0 Å². The molecule has 0 spiro atoms. The first-order chi connectivity index (χ1) is 8.25. The smallest absolute Gasteiger partial charge is 0.172 e. The van der Waals surface area contributed by atoms with Crippen molar-refractivity contribution >= 4 is 11.3 Å². The quantitative estimate of drug-likeness (QED) is 0.662. The summed E-state index contributed by atoms with van der Waals surface area (Å²) in [5, 5.41) is 17.9. The first-order valence-corrected chi connectivity index (χ1v) is 5.14. The zero-order valence-corrected chi connectivity index (χ0v) is 8.91. The summed E-state index contributed by atoms with van der Waals surface area (Å²) in [7, 11) is 0. The van der Waals surface area contributed by atoms with Gasteiger partial charge in [0.15, 0.2) is 11.5 Å². The zero-order valence-electron chi connectivity index (χ0n) is 8.91. The number of nitrogens with zero attached hydrogens (tertiary/aromatic N) is 3. The van der Waals surface area contributed by atoms with Crippen LogP contribution < -0.4 is 5.73 Å². The Labute approximate surface area is 97.1 Å². The van der Waals surface area contributed by atoms with Gasteiger partial charge >= 0.3 is 0 Å². The maximum absolute atomic E-state index is 9.80. The van der Waals surface area contributed by atoms with Crippen LogP contribution in [0.5, 0.6) is 5.75 Å². The Balaban J connectivity index is 2.31. The average Bonchev–Trinajstić information content (AvgIpc) is 2.72. The van der Waals surface area contributed by atoms with E-state index in [9.17, 15) is 5.11 Å². The van der Waals surface area contributed by atoms with E-state index in [0.717, 1.165) is 0 Å². The van der Waals surface area contributed by atoms with Crippen LogP contribution in [0.15, 0.2) is 42.6 Å². The monoisotopic (exact) mass is 226 g/mol. The number of anilines is 1. The highest BCUT2D eigenvalue weighted by molar-refractivity contribution is 5.66. The molecule has 0 atom stereocenters. The summed E-state index contributed by atoms with van der Waals surface area (Å²) >= 11 is 0. The van der Waals surface area contributed by atoms with E-state index in [1.165, 1.54) is 0 Å². The molecule has 2 aromatic heterocycles. The number of para-hydroxylation sites is 1. The Morgan fingerprint density at radius 1 is 1.06 bits per heavy atom. The Morgan fingerprint density at radius 2 is 1.88 bits per heavy atom. The van der Waals surface area contributed by atoms with Crippen molar-refractivity contribution in [1.29, 1.82) is 0 Å². The van der Waals surface area contributed by atoms with Crippen LogP contribution in [0.1, 0.15) is 0 Å². The number of hydrogen-bond acceptors (Lipinski definition) is 4. The predicted octanol–water partition coefficient (Wildman–Crippen LogP) is 1.68. The van der Waals surface area contributed by atoms with Crippen molar-refractivity contribution in [1.82, 2.24) is 14.6 Å². The van der Waals surface area contributed by atoms with Gasteiger partial charge in [0.05, 0.1) is 5.56 Å². The molecule has 1 aromatic carbocycles. The largest absolute Gasteiger partial charge is 0.507 e. The minimum absolute atomic E-state index is 0.171. The Bertz CT molecular complexity index is 690. The minimum atomic E-state index is 0.171. The number of nitrogen functional groups attached to an aromatic ring is 1. The Kier molecular flexibility index (Phi) is 1.98. The molecule has 0 aliphatic carbocycles. The Hall–Kier alpha value is -2.56. The van der Waals surface area contributed by atoms with E-state index < -0.39 is 0 Å². The zero-order chi connectivity index (χ0) is 11.8. The van der Waals surface area contributed by atoms with Gasteiger partial charge in [0.25, 0.3) is 0 Å². The molecule has 0 aliphatic rings. The third-order valence-corrected chi connectivity index (χ3v) is 2.57.